The lowest BCUT2D eigenvalue weighted by Crippen LogP contribution is -2.29. The van der Waals surface area contributed by atoms with Gasteiger partial charge in [0.25, 0.3) is 5.91 Å². The highest BCUT2D eigenvalue weighted by atomic mass is 35.5. The molecule has 0 radical (unpaired) electrons. The van der Waals surface area contributed by atoms with Crippen LogP contribution in [-0.4, -0.2) is 31.4 Å². The predicted molar refractivity (Wildman–Crippen MR) is 159 cm³/mol. The summed E-state index contributed by atoms with van der Waals surface area (Å²) in [6.45, 7) is 4.01. The van der Waals surface area contributed by atoms with Crippen LogP contribution in [0, 0.1) is 13.8 Å². The third-order valence-corrected chi connectivity index (χ3v) is 7.83. The Morgan fingerprint density at radius 1 is 0.923 bits per heavy atom. The molecule has 0 saturated heterocycles. The van der Waals surface area contributed by atoms with Crippen LogP contribution >= 0.6 is 34.8 Å². The summed E-state index contributed by atoms with van der Waals surface area (Å²) in [6.07, 6.45) is 2.70. The third kappa shape index (κ3) is 7.02. The minimum absolute atomic E-state index is 0.131. The molecule has 0 unspecified atom stereocenters. The fraction of sp³-hybridized carbons (Fsp3) is 0.143. The molecule has 39 heavy (non-hydrogen) atoms. The number of anilines is 1. The van der Waals surface area contributed by atoms with Gasteiger partial charge in [0.15, 0.2) is 0 Å². The molecule has 11 heteroatoms. The number of benzene rings is 3. The summed E-state index contributed by atoms with van der Waals surface area (Å²) in [5.74, 6) is -0.433. The third-order valence-electron chi connectivity index (χ3n) is 6.00. The number of hydrogen-bond acceptors (Lipinski definition) is 4. The normalized spacial score (nSPS) is 11.6. The van der Waals surface area contributed by atoms with Crippen LogP contribution in [0.5, 0.6) is 0 Å². The second-order valence-corrected chi connectivity index (χ2v) is 12.1. The molecule has 1 amide bonds. The van der Waals surface area contributed by atoms with Gasteiger partial charge in [-0.3, -0.25) is 9.10 Å². The van der Waals surface area contributed by atoms with Crippen molar-refractivity contribution in [2.24, 2.45) is 5.10 Å². The first-order chi connectivity index (χ1) is 18.4. The van der Waals surface area contributed by atoms with Gasteiger partial charge in [-0.25, -0.2) is 13.8 Å². The molecule has 1 heterocycles. The minimum Gasteiger partial charge on any atom is -0.318 e. The summed E-state index contributed by atoms with van der Waals surface area (Å²) in [7, 11) is -3.58. The van der Waals surface area contributed by atoms with Crippen molar-refractivity contribution < 1.29 is 13.2 Å². The molecule has 0 aliphatic carbocycles. The molecule has 0 atom stereocenters. The van der Waals surface area contributed by atoms with Crippen LogP contribution in [0.4, 0.5) is 5.69 Å². The van der Waals surface area contributed by atoms with E-state index in [1.807, 2.05) is 36.6 Å². The lowest BCUT2D eigenvalue weighted by molar-refractivity contribution is 0.0955. The monoisotopic (exact) mass is 602 g/mol. The first-order valence-electron chi connectivity index (χ1n) is 11.7. The van der Waals surface area contributed by atoms with Crippen molar-refractivity contribution in [3.8, 4) is 5.69 Å². The van der Waals surface area contributed by atoms with Gasteiger partial charge in [0.05, 0.1) is 24.7 Å². The predicted octanol–water partition coefficient (Wildman–Crippen LogP) is 6.78. The van der Waals surface area contributed by atoms with Crippen molar-refractivity contribution >= 4 is 62.6 Å². The van der Waals surface area contributed by atoms with Crippen LogP contribution in [0.1, 0.15) is 32.9 Å². The van der Waals surface area contributed by atoms with Crippen molar-refractivity contribution in [2.45, 2.75) is 20.4 Å². The number of sulfonamides is 1. The highest BCUT2D eigenvalue weighted by Gasteiger charge is 2.18. The van der Waals surface area contributed by atoms with Crippen molar-refractivity contribution in [1.82, 2.24) is 9.99 Å². The average Bonchev–Trinajstić information content (AvgIpc) is 3.15. The SMILES string of the molecule is Cc1cc(/C=N/NC(=O)c2ccc(N(Cc3ccc(Cl)cc3)S(C)(=O)=O)cc2)c(C)n1-c1cc(Cl)cc(Cl)c1. The number of aromatic nitrogens is 1. The van der Waals surface area contributed by atoms with Gasteiger partial charge in [-0.05, 0) is 80.1 Å². The van der Waals surface area contributed by atoms with Crippen LogP contribution in [0.15, 0.2) is 77.9 Å². The molecule has 4 rings (SSSR count). The van der Waals surface area contributed by atoms with Crippen LogP contribution in [0.3, 0.4) is 0 Å². The molecule has 0 saturated carbocycles. The van der Waals surface area contributed by atoms with Gasteiger partial charge in [0.2, 0.25) is 10.0 Å². The van der Waals surface area contributed by atoms with Crippen LogP contribution in [0.25, 0.3) is 5.69 Å². The van der Waals surface area contributed by atoms with Gasteiger partial charge in [-0.1, -0.05) is 46.9 Å². The maximum atomic E-state index is 12.7. The molecule has 1 N–H and O–H groups in total. The fourth-order valence-electron chi connectivity index (χ4n) is 4.14. The van der Waals surface area contributed by atoms with Crippen molar-refractivity contribution in [3.05, 3.63) is 116 Å². The summed E-state index contributed by atoms with van der Waals surface area (Å²) in [4.78, 5) is 12.7. The Labute approximate surface area is 242 Å². The Hall–Kier alpha value is -3.30. The molecule has 0 aliphatic heterocycles. The largest absolute Gasteiger partial charge is 0.318 e. The number of carbonyl (C=O) groups is 1. The minimum atomic E-state index is -3.58. The number of nitrogens with one attached hydrogen (secondary N) is 1. The number of carbonyl (C=O) groups excluding carboxylic acids is 1. The maximum absolute atomic E-state index is 12.7. The van der Waals surface area contributed by atoms with E-state index in [9.17, 15) is 13.2 Å². The molecule has 4 aromatic rings. The van der Waals surface area contributed by atoms with Crippen molar-refractivity contribution in [1.29, 1.82) is 0 Å². The Bertz CT molecular complexity index is 1630. The number of halogens is 3. The van der Waals surface area contributed by atoms with Gasteiger partial charge in [0.1, 0.15) is 0 Å². The molecule has 0 spiro atoms. The Kier molecular flexibility index (Phi) is 8.71. The Balaban J connectivity index is 1.47. The molecule has 202 valence electrons. The standard InChI is InChI=1S/C28H25Cl3N4O3S/c1-18-12-22(19(2)35(18)27-14-24(30)13-25(31)15-27)16-32-33-28(36)21-6-10-26(11-7-21)34(39(3,37)38)17-20-4-8-23(29)9-5-20/h4-16H,17H2,1-3H3,(H,33,36)/b32-16+. The fourth-order valence-corrected chi connectivity index (χ4v) is 5.67. The maximum Gasteiger partial charge on any atom is 0.271 e. The number of rotatable bonds is 8. The van der Waals surface area contributed by atoms with Crippen LogP contribution in [0.2, 0.25) is 15.1 Å². The van der Waals surface area contributed by atoms with E-state index in [0.29, 0.717) is 26.3 Å². The summed E-state index contributed by atoms with van der Waals surface area (Å²) >= 11 is 18.3. The zero-order valence-electron chi connectivity index (χ0n) is 21.3. The highest BCUT2D eigenvalue weighted by molar-refractivity contribution is 7.92. The van der Waals surface area contributed by atoms with Gasteiger partial charge in [-0.2, -0.15) is 5.10 Å². The molecular formula is C28H25Cl3N4O3S. The Morgan fingerprint density at radius 2 is 1.54 bits per heavy atom. The number of amides is 1. The van der Waals surface area contributed by atoms with E-state index in [2.05, 4.69) is 10.5 Å². The Morgan fingerprint density at radius 3 is 2.13 bits per heavy atom. The topological polar surface area (TPSA) is 83.8 Å². The lowest BCUT2D eigenvalue weighted by Gasteiger charge is -2.22. The van der Waals surface area contributed by atoms with Crippen molar-refractivity contribution in [3.63, 3.8) is 0 Å². The second kappa shape index (κ2) is 11.8. The molecule has 3 aromatic carbocycles. The van der Waals surface area contributed by atoms with Crippen LogP contribution in [-0.2, 0) is 16.6 Å². The number of aryl methyl sites for hydroxylation is 1. The molecule has 7 nitrogen and oxygen atoms in total. The van der Waals surface area contributed by atoms with E-state index < -0.39 is 15.9 Å². The van der Waals surface area contributed by atoms with E-state index in [4.69, 9.17) is 34.8 Å². The molecule has 0 fully saturated rings. The molecule has 0 aliphatic rings. The van der Waals surface area contributed by atoms with Gasteiger partial charge in [-0.15, -0.1) is 0 Å². The van der Waals surface area contributed by atoms with E-state index >= 15 is 0 Å². The zero-order chi connectivity index (χ0) is 28.3. The quantitative estimate of drug-likeness (QED) is 0.178. The zero-order valence-corrected chi connectivity index (χ0v) is 24.4. The molecule has 1 aromatic heterocycles. The summed E-state index contributed by atoms with van der Waals surface area (Å²) in [5.41, 5.74) is 7.54. The van der Waals surface area contributed by atoms with E-state index in [-0.39, 0.29) is 6.54 Å². The average molecular weight is 604 g/mol. The summed E-state index contributed by atoms with van der Waals surface area (Å²) in [5, 5.41) is 5.74. The van der Waals surface area contributed by atoms with E-state index in [0.717, 1.165) is 34.5 Å². The smallest absolute Gasteiger partial charge is 0.271 e. The highest BCUT2D eigenvalue weighted by Crippen LogP contribution is 2.26. The molecule has 0 bridgehead atoms. The van der Waals surface area contributed by atoms with Crippen LogP contribution < -0.4 is 9.73 Å². The van der Waals surface area contributed by atoms with Gasteiger partial charge in [0, 0.05) is 43.3 Å². The van der Waals surface area contributed by atoms with Crippen molar-refractivity contribution in [2.75, 3.05) is 10.6 Å². The lowest BCUT2D eigenvalue weighted by atomic mass is 10.2. The summed E-state index contributed by atoms with van der Waals surface area (Å²) in [6, 6.07) is 20.5. The second-order valence-electron chi connectivity index (χ2n) is 8.93. The van der Waals surface area contributed by atoms with Gasteiger partial charge < -0.3 is 4.57 Å². The summed E-state index contributed by atoms with van der Waals surface area (Å²) < 4.78 is 28.2. The number of hydrazone groups is 1. The number of hydrogen-bond donors (Lipinski definition) is 1. The van der Waals surface area contributed by atoms with Gasteiger partial charge >= 0.3 is 0 Å². The number of nitrogens with zero attached hydrogens (tertiary/aromatic N) is 3. The first kappa shape index (κ1) is 28.7. The van der Waals surface area contributed by atoms with E-state index in [1.54, 1.807) is 60.8 Å². The van der Waals surface area contributed by atoms with E-state index in [1.165, 1.54) is 4.31 Å². The molecular weight excluding hydrogens is 579 g/mol. The first-order valence-corrected chi connectivity index (χ1v) is 14.7.